The van der Waals surface area contributed by atoms with Gasteiger partial charge in [0.2, 0.25) is 10.0 Å². The Bertz CT molecular complexity index is 1120. The molecule has 2 aromatic heterocycles. The van der Waals surface area contributed by atoms with Gasteiger partial charge in [-0.2, -0.15) is 9.40 Å². The molecule has 1 aromatic carbocycles. The van der Waals surface area contributed by atoms with Gasteiger partial charge in [0.25, 0.3) is 5.91 Å². The van der Waals surface area contributed by atoms with E-state index in [1.165, 1.54) is 28.6 Å². The lowest BCUT2D eigenvalue weighted by molar-refractivity contribution is 0.0730. The number of ether oxygens (including phenoxy) is 1. The first-order valence-corrected chi connectivity index (χ1v) is 11.4. The van der Waals surface area contributed by atoms with Crippen LogP contribution in [0.15, 0.2) is 66.0 Å². The van der Waals surface area contributed by atoms with E-state index in [-0.39, 0.29) is 10.8 Å². The van der Waals surface area contributed by atoms with Gasteiger partial charge in [-0.15, -0.1) is 0 Å². The molecule has 0 atom stereocenters. The summed E-state index contributed by atoms with van der Waals surface area (Å²) in [6, 6.07) is 11.7. The van der Waals surface area contributed by atoms with Gasteiger partial charge in [-0.1, -0.05) is 0 Å². The maximum absolute atomic E-state index is 12.7. The molecule has 1 aliphatic rings. The van der Waals surface area contributed by atoms with Crippen LogP contribution in [-0.2, 0) is 21.3 Å². The van der Waals surface area contributed by atoms with E-state index >= 15 is 0 Å². The molecule has 3 aromatic rings. The van der Waals surface area contributed by atoms with Crippen molar-refractivity contribution in [1.29, 1.82) is 0 Å². The molecule has 1 N–H and O–H groups in total. The zero-order valence-corrected chi connectivity index (χ0v) is 17.7. The number of pyridine rings is 1. The Morgan fingerprint density at radius 3 is 2.45 bits per heavy atom. The smallest absolute Gasteiger partial charge is 0.251 e. The van der Waals surface area contributed by atoms with Crippen LogP contribution in [0.5, 0.6) is 0 Å². The van der Waals surface area contributed by atoms with Gasteiger partial charge in [-0.05, 0) is 42.5 Å². The third kappa shape index (κ3) is 4.98. The Kier molecular flexibility index (Phi) is 6.40. The highest BCUT2D eigenvalue weighted by Gasteiger charge is 2.26. The fraction of sp³-hybridized carbons (Fsp3) is 0.286. The molecule has 162 valence electrons. The Morgan fingerprint density at radius 2 is 1.74 bits per heavy atom. The van der Waals surface area contributed by atoms with Gasteiger partial charge in [0.15, 0.2) is 0 Å². The maximum atomic E-state index is 12.7. The summed E-state index contributed by atoms with van der Waals surface area (Å²) >= 11 is 0. The summed E-state index contributed by atoms with van der Waals surface area (Å²) in [4.78, 5) is 16.6. The minimum absolute atomic E-state index is 0.172. The number of amides is 1. The van der Waals surface area contributed by atoms with Crippen molar-refractivity contribution in [3.8, 4) is 11.3 Å². The molecule has 0 saturated carbocycles. The zero-order chi connectivity index (χ0) is 21.7. The van der Waals surface area contributed by atoms with Crippen molar-refractivity contribution in [2.45, 2.75) is 11.4 Å². The lowest BCUT2D eigenvalue weighted by Crippen LogP contribution is -2.40. The topological polar surface area (TPSA) is 106 Å². The molecule has 3 heterocycles. The van der Waals surface area contributed by atoms with Crippen LogP contribution in [0.25, 0.3) is 11.3 Å². The molecule has 0 aliphatic carbocycles. The lowest BCUT2D eigenvalue weighted by atomic mass is 10.2. The fourth-order valence-corrected chi connectivity index (χ4v) is 4.67. The summed E-state index contributed by atoms with van der Waals surface area (Å²) in [6.07, 6.45) is 5.28. The molecule has 0 radical (unpaired) electrons. The average molecular weight is 442 g/mol. The van der Waals surface area contributed by atoms with Crippen LogP contribution in [0.2, 0.25) is 0 Å². The van der Waals surface area contributed by atoms with Crippen LogP contribution in [0.3, 0.4) is 0 Å². The Balaban J connectivity index is 1.31. The molecule has 1 saturated heterocycles. The van der Waals surface area contributed by atoms with Gasteiger partial charge < -0.3 is 10.1 Å². The molecule has 31 heavy (non-hydrogen) atoms. The van der Waals surface area contributed by atoms with Crippen LogP contribution in [0.4, 0.5) is 0 Å². The molecule has 0 unspecified atom stereocenters. The van der Waals surface area contributed by atoms with Gasteiger partial charge in [0.1, 0.15) is 0 Å². The standard InChI is InChI=1S/C21H23N5O4S/c27-21(23-10-12-25-11-7-20(24-25)17-5-8-22-9-6-17)18-1-3-19(4-2-18)31(28,29)26-13-15-30-16-14-26/h1-9,11H,10,12-16H2,(H,23,27). The Morgan fingerprint density at radius 1 is 1.03 bits per heavy atom. The predicted octanol–water partition coefficient (Wildman–Crippen LogP) is 1.40. The second-order valence-corrected chi connectivity index (χ2v) is 8.93. The third-order valence-corrected chi connectivity index (χ3v) is 6.88. The minimum Gasteiger partial charge on any atom is -0.379 e. The predicted molar refractivity (Wildman–Crippen MR) is 114 cm³/mol. The van der Waals surface area contributed by atoms with Gasteiger partial charge >= 0.3 is 0 Å². The quantitative estimate of drug-likeness (QED) is 0.594. The van der Waals surface area contributed by atoms with Gasteiger partial charge in [-0.25, -0.2) is 8.42 Å². The normalized spacial score (nSPS) is 15.0. The van der Waals surface area contributed by atoms with Crippen LogP contribution in [-0.4, -0.2) is 66.2 Å². The molecule has 0 spiro atoms. The minimum atomic E-state index is -3.57. The monoisotopic (exact) mass is 441 g/mol. The zero-order valence-electron chi connectivity index (χ0n) is 16.8. The summed E-state index contributed by atoms with van der Waals surface area (Å²) in [5.41, 5.74) is 2.22. The summed E-state index contributed by atoms with van der Waals surface area (Å²) in [7, 11) is -3.57. The first-order chi connectivity index (χ1) is 15.0. The molecule has 1 amide bonds. The fourth-order valence-electron chi connectivity index (χ4n) is 3.26. The number of hydrogen-bond acceptors (Lipinski definition) is 6. The number of aromatic nitrogens is 3. The van der Waals surface area contributed by atoms with Crippen molar-refractivity contribution >= 4 is 15.9 Å². The van der Waals surface area contributed by atoms with Crippen LogP contribution < -0.4 is 5.32 Å². The number of carbonyl (C=O) groups is 1. The molecule has 0 bridgehead atoms. The molecule has 1 aliphatic heterocycles. The van der Waals surface area contributed by atoms with E-state index in [0.29, 0.717) is 45.0 Å². The number of rotatable bonds is 7. The second kappa shape index (κ2) is 9.38. The van der Waals surface area contributed by atoms with E-state index in [2.05, 4.69) is 15.4 Å². The van der Waals surface area contributed by atoms with Crippen molar-refractivity contribution in [2.24, 2.45) is 0 Å². The highest BCUT2D eigenvalue weighted by atomic mass is 32.2. The number of nitrogens with one attached hydrogen (secondary N) is 1. The van der Waals surface area contributed by atoms with E-state index in [1.807, 2.05) is 24.4 Å². The molecular weight excluding hydrogens is 418 g/mol. The number of hydrogen-bond donors (Lipinski definition) is 1. The third-order valence-electron chi connectivity index (χ3n) is 4.97. The van der Waals surface area contributed by atoms with Crippen LogP contribution in [0.1, 0.15) is 10.4 Å². The lowest BCUT2D eigenvalue weighted by Gasteiger charge is -2.26. The highest BCUT2D eigenvalue weighted by molar-refractivity contribution is 7.89. The Labute approximate surface area is 180 Å². The van der Waals surface area contributed by atoms with E-state index in [0.717, 1.165) is 11.3 Å². The van der Waals surface area contributed by atoms with Gasteiger partial charge in [0.05, 0.1) is 30.3 Å². The molecule has 10 heteroatoms. The van der Waals surface area contributed by atoms with Crippen LogP contribution in [0, 0.1) is 0 Å². The summed E-state index contributed by atoms with van der Waals surface area (Å²) < 4.78 is 33.7. The first kappa shape index (κ1) is 21.2. The molecule has 9 nitrogen and oxygen atoms in total. The van der Waals surface area contributed by atoms with Crippen molar-refractivity contribution in [3.63, 3.8) is 0 Å². The summed E-state index contributed by atoms with van der Waals surface area (Å²) in [5, 5.41) is 7.32. The van der Waals surface area contributed by atoms with Gasteiger partial charge in [0, 0.05) is 49.4 Å². The first-order valence-electron chi connectivity index (χ1n) is 9.94. The van der Waals surface area contributed by atoms with E-state index in [1.54, 1.807) is 17.1 Å². The van der Waals surface area contributed by atoms with Crippen molar-refractivity contribution < 1.29 is 17.9 Å². The number of carbonyl (C=O) groups excluding carboxylic acids is 1. The van der Waals surface area contributed by atoms with Crippen molar-refractivity contribution in [1.82, 2.24) is 24.4 Å². The second-order valence-electron chi connectivity index (χ2n) is 7.00. The van der Waals surface area contributed by atoms with E-state index < -0.39 is 10.0 Å². The van der Waals surface area contributed by atoms with Crippen molar-refractivity contribution in [3.05, 3.63) is 66.6 Å². The highest BCUT2D eigenvalue weighted by Crippen LogP contribution is 2.18. The number of sulfonamides is 1. The largest absolute Gasteiger partial charge is 0.379 e. The van der Waals surface area contributed by atoms with E-state index in [9.17, 15) is 13.2 Å². The van der Waals surface area contributed by atoms with E-state index in [4.69, 9.17) is 4.74 Å². The molecule has 1 fully saturated rings. The molecular formula is C21H23N5O4S. The SMILES string of the molecule is O=C(NCCn1ccc(-c2ccncc2)n1)c1ccc(S(=O)(=O)N2CCOCC2)cc1. The number of benzene rings is 1. The summed E-state index contributed by atoms with van der Waals surface area (Å²) in [5.74, 6) is -0.267. The summed E-state index contributed by atoms with van der Waals surface area (Å²) in [6.45, 7) is 2.35. The van der Waals surface area contributed by atoms with Crippen LogP contribution >= 0.6 is 0 Å². The maximum Gasteiger partial charge on any atom is 0.251 e. The average Bonchev–Trinajstić information content (AvgIpc) is 3.29. The Hall–Kier alpha value is -3.08. The van der Waals surface area contributed by atoms with Gasteiger partial charge in [-0.3, -0.25) is 14.5 Å². The number of morpholine rings is 1. The number of nitrogens with zero attached hydrogens (tertiary/aromatic N) is 4. The molecule has 4 rings (SSSR count). The van der Waals surface area contributed by atoms with Crippen molar-refractivity contribution in [2.75, 3.05) is 32.8 Å².